The summed E-state index contributed by atoms with van der Waals surface area (Å²) in [5.74, 6) is 3.88. The molecule has 0 spiro atoms. The molecule has 0 bridgehead atoms. The molecule has 0 radical (unpaired) electrons. The van der Waals surface area contributed by atoms with Gasteiger partial charge < -0.3 is 44.0 Å². The van der Waals surface area contributed by atoms with Crippen LogP contribution in [0.3, 0.4) is 0 Å². The highest BCUT2D eigenvalue weighted by molar-refractivity contribution is 8.04. The predicted octanol–water partition coefficient (Wildman–Crippen LogP) is 11.3. The first-order valence-corrected chi connectivity index (χ1v) is 16.0. The van der Waals surface area contributed by atoms with Crippen LogP contribution in [0.2, 0.25) is 0 Å². The summed E-state index contributed by atoms with van der Waals surface area (Å²) in [5, 5.41) is 2.55. The number of fused-ring (bicyclic) bond motifs is 4. The van der Waals surface area contributed by atoms with Crippen molar-refractivity contribution in [2.75, 3.05) is 0 Å². The summed E-state index contributed by atoms with van der Waals surface area (Å²) in [5.41, 5.74) is 0. The monoisotopic (exact) mass is 656 g/mol. The molecule has 2 heterocycles. The van der Waals surface area contributed by atoms with E-state index in [4.69, 9.17) is 9.47 Å². The van der Waals surface area contributed by atoms with Crippen LogP contribution in [0.15, 0.2) is 127 Å². The van der Waals surface area contributed by atoms with Crippen LogP contribution in [0.4, 0.5) is 34.5 Å². The molecule has 0 amide bonds. The first-order valence-electron chi connectivity index (χ1n) is 13.5. The standard InChI is InChI=1S/C30H26O2S2.2BF4/c1-2-3-12-22(34-29-19-10-6-15-25(29)32-26-16-7-11-20-30(26)34)21-33-27-17-8-4-13-23(27)31-24-14-5-9-18-28(24)33;2*2-1(3,4)5/h4-11,13-21H,2-3,12H2,1H3;;/q+2;2*-1/b22-21+;;. The molecule has 232 valence electrons. The highest BCUT2D eigenvalue weighted by Gasteiger charge is 2.44. The van der Waals surface area contributed by atoms with E-state index in [1.807, 2.05) is 0 Å². The number of halogens is 8. The Morgan fingerprint density at radius 2 is 0.886 bits per heavy atom. The van der Waals surface area contributed by atoms with E-state index in [0.29, 0.717) is 0 Å². The van der Waals surface area contributed by atoms with Crippen molar-refractivity contribution in [2.24, 2.45) is 0 Å². The molecule has 2 aliphatic heterocycles. The Labute approximate surface area is 256 Å². The zero-order valence-corrected chi connectivity index (χ0v) is 24.9. The van der Waals surface area contributed by atoms with E-state index in [1.165, 1.54) is 30.9 Å². The quantitative estimate of drug-likeness (QED) is 0.121. The van der Waals surface area contributed by atoms with Gasteiger partial charge in [-0.3, -0.25) is 0 Å². The van der Waals surface area contributed by atoms with Gasteiger partial charge in [-0.2, -0.15) is 0 Å². The number of unbranched alkanes of at least 4 members (excludes halogenated alkanes) is 1. The second kappa shape index (κ2) is 14.5. The Bertz CT molecular complexity index is 1480. The third kappa shape index (κ3) is 9.25. The van der Waals surface area contributed by atoms with Gasteiger partial charge in [-0.05, 0) is 55.0 Å². The third-order valence-electron chi connectivity index (χ3n) is 6.04. The zero-order chi connectivity index (χ0) is 31.9. The van der Waals surface area contributed by atoms with Gasteiger partial charge in [0, 0.05) is 6.42 Å². The largest absolute Gasteiger partial charge is 0.673 e. The minimum absolute atomic E-state index is 0.187. The van der Waals surface area contributed by atoms with E-state index in [9.17, 15) is 34.5 Å². The minimum atomic E-state index is -6.00. The van der Waals surface area contributed by atoms with Crippen LogP contribution in [-0.4, -0.2) is 14.5 Å². The summed E-state index contributed by atoms with van der Waals surface area (Å²) >= 11 is 0. The average Bonchev–Trinajstić information content (AvgIpc) is 2.96. The molecule has 2 aliphatic rings. The van der Waals surface area contributed by atoms with Crippen molar-refractivity contribution in [1.82, 2.24) is 0 Å². The second-order valence-electron chi connectivity index (χ2n) is 9.31. The lowest BCUT2D eigenvalue weighted by molar-refractivity contribution is 0.366. The molecule has 0 unspecified atom stereocenters. The molecular formula is C30H26B2F8O2S2. The van der Waals surface area contributed by atoms with Crippen LogP contribution in [0.1, 0.15) is 26.2 Å². The van der Waals surface area contributed by atoms with Crippen molar-refractivity contribution < 1.29 is 44.0 Å². The summed E-state index contributed by atoms with van der Waals surface area (Å²) in [6, 6.07) is 34.1. The van der Waals surface area contributed by atoms with E-state index in [2.05, 4.69) is 109 Å². The lowest BCUT2D eigenvalue weighted by atomic mass is 10.2. The third-order valence-corrected chi connectivity index (χ3v) is 10.7. The topological polar surface area (TPSA) is 18.5 Å². The Morgan fingerprint density at radius 1 is 0.568 bits per heavy atom. The zero-order valence-electron chi connectivity index (χ0n) is 23.2. The molecule has 2 nitrogen and oxygen atoms in total. The molecule has 0 saturated carbocycles. The first kappa shape index (κ1) is 33.4. The van der Waals surface area contributed by atoms with Gasteiger partial charge in [-0.25, -0.2) is 0 Å². The summed E-state index contributed by atoms with van der Waals surface area (Å²) in [7, 11) is -12.4. The Morgan fingerprint density at radius 3 is 1.25 bits per heavy atom. The average molecular weight is 656 g/mol. The van der Waals surface area contributed by atoms with Crippen molar-refractivity contribution >= 4 is 36.3 Å². The number of allylic oxidation sites excluding steroid dienone is 1. The van der Waals surface area contributed by atoms with Gasteiger partial charge in [0.2, 0.25) is 19.6 Å². The lowest BCUT2D eigenvalue weighted by Crippen LogP contribution is -2.16. The van der Waals surface area contributed by atoms with Crippen molar-refractivity contribution in [3.05, 3.63) is 107 Å². The van der Waals surface area contributed by atoms with Gasteiger partial charge in [0.15, 0.2) is 33.3 Å². The predicted molar refractivity (Wildman–Crippen MR) is 162 cm³/mol. The molecule has 0 aliphatic carbocycles. The Hall–Kier alpha value is -3.51. The van der Waals surface area contributed by atoms with Crippen molar-refractivity contribution in [1.29, 1.82) is 0 Å². The van der Waals surface area contributed by atoms with Gasteiger partial charge in [-0.15, -0.1) is 0 Å². The van der Waals surface area contributed by atoms with Crippen LogP contribution in [0.25, 0.3) is 0 Å². The van der Waals surface area contributed by atoms with Crippen molar-refractivity contribution in [3.8, 4) is 23.0 Å². The van der Waals surface area contributed by atoms with E-state index in [-0.39, 0.29) is 21.8 Å². The number of hydrogen-bond donors (Lipinski definition) is 0. The van der Waals surface area contributed by atoms with Crippen molar-refractivity contribution in [3.63, 3.8) is 0 Å². The maximum Gasteiger partial charge on any atom is 0.673 e. The maximum absolute atomic E-state index is 9.75. The van der Waals surface area contributed by atoms with E-state index < -0.39 is 14.5 Å². The molecule has 0 aromatic heterocycles. The number of benzene rings is 4. The molecule has 0 N–H and O–H groups in total. The molecule has 4 aromatic carbocycles. The molecule has 6 rings (SSSR count). The number of rotatable bonds is 5. The van der Waals surface area contributed by atoms with Gasteiger partial charge in [0.1, 0.15) is 21.8 Å². The van der Waals surface area contributed by atoms with Crippen LogP contribution in [-0.2, 0) is 21.8 Å². The summed E-state index contributed by atoms with van der Waals surface area (Å²) < 4.78 is 90.6. The fourth-order valence-electron chi connectivity index (χ4n) is 4.41. The molecular weight excluding hydrogens is 630 g/mol. The minimum Gasteiger partial charge on any atom is -0.447 e. The first-order chi connectivity index (χ1) is 20.8. The lowest BCUT2D eigenvalue weighted by Gasteiger charge is -2.21. The van der Waals surface area contributed by atoms with Gasteiger partial charge >= 0.3 is 14.5 Å². The van der Waals surface area contributed by atoms with Crippen molar-refractivity contribution in [2.45, 2.75) is 45.8 Å². The van der Waals surface area contributed by atoms with E-state index in [0.717, 1.165) is 35.8 Å². The molecule has 0 atom stereocenters. The highest BCUT2D eigenvalue weighted by atomic mass is 32.2. The van der Waals surface area contributed by atoms with Gasteiger partial charge in [0.25, 0.3) is 0 Å². The number of ether oxygens (including phenoxy) is 2. The molecule has 0 saturated heterocycles. The fourth-order valence-corrected chi connectivity index (χ4v) is 9.26. The molecule has 0 fully saturated rings. The Kier molecular flexibility index (Phi) is 11.0. The van der Waals surface area contributed by atoms with E-state index >= 15 is 0 Å². The van der Waals surface area contributed by atoms with Gasteiger partial charge in [-0.1, -0.05) is 61.9 Å². The molecule has 14 heteroatoms. The fraction of sp³-hybridized carbons (Fsp3) is 0.133. The second-order valence-corrected chi connectivity index (χ2v) is 13.1. The number of hydrogen-bond acceptors (Lipinski definition) is 2. The SMILES string of the molecule is CCCC/C(=C\[S+]1c2ccccc2Oc2ccccc21)[S+]1c2ccccc2Oc2ccccc21.F[B-](F)(F)F.F[B-](F)(F)F. The van der Waals surface area contributed by atoms with Gasteiger partial charge in [0.05, 0.1) is 0 Å². The van der Waals surface area contributed by atoms with E-state index in [1.54, 1.807) is 0 Å². The van der Waals surface area contributed by atoms with Crippen LogP contribution < -0.4 is 9.47 Å². The van der Waals surface area contributed by atoms with Crippen LogP contribution in [0, 0.1) is 0 Å². The number of para-hydroxylation sites is 4. The molecule has 4 aromatic rings. The molecule has 44 heavy (non-hydrogen) atoms. The van der Waals surface area contributed by atoms with Crippen LogP contribution in [0.5, 0.6) is 23.0 Å². The Balaban J connectivity index is 0.000000386. The normalized spacial score (nSPS) is 14.2. The summed E-state index contributed by atoms with van der Waals surface area (Å²) in [6.07, 6.45) is 3.40. The summed E-state index contributed by atoms with van der Waals surface area (Å²) in [4.78, 5) is 6.56. The smallest absolute Gasteiger partial charge is 0.447 e. The maximum atomic E-state index is 9.75. The highest BCUT2D eigenvalue weighted by Crippen LogP contribution is 2.50. The summed E-state index contributed by atoms with van der Waals surface area (Å²) in [6.45, 7) is 2.27. The van der Waals surface area contributed by atoms with Crippen LogP contribution >= 0.6 is 0 Å².